The third kappa shape index (κ3) is 3.96. The number of hydrogen-bond acceptors (Lipinski definition) is 3. The molecule has 3 rings (SSSR count). The van der Waals surface area contributed by atoms with Gasteiger partial charge < -0.3 is 19.5 Å². The van der Waals surface area contributed by atoms with E-state index in [9.17, 15) is 4.79 Å². The van der Waals surface area contributed by atoms with Gasteiger partial charge in [0.25, 0.3) is 5.91 Å². The minimum Gasteiger partial charge on any atom is -0.376 e. The maximum Gasteiger partial charge on any atom is 0.270 e. The van der Waals surface area contributed by atoms with Crippen LogP contribution in [0.1, 0.15) is 49.6 Å². The van der Waals surface area contributed by atoms with E-state index in [1.54, 1.807) is 0 Å². The van der Waals surface area contributed by atoms with E-state index in [4.69, 9.17) is 4.74 Å². The molecule has 128 valence electrons. The molecule has 5 heteroatoms. The van der Waals surface area contributed by atoms with Crippen LogP contribution in [-0.2, 0) is 4.74 Å². The molecular formula is C18H29N3O2. The fourth-order valence-electron chi connectivity index (χ4n) is 3.52. The number of hydrogen-bond donors (Lipinski definition) is 1. The number of carbonyl (C=O) groups is 1. The molecule has 23 heavy (non-hydrogen) atoms. The van der Waals surface area contributed by atoms with Gasteiger partial charge in [0.15, 0.2) is 0 Å². The van der Waals surface area contributed by atoms with Gasteiger partial charge in [-0.05, 0) is 50.4 Å². The number of aromatic nitrogens is 1. The molecule has 2 aliphatic rings. The third-order valence-electron chi connectivity index (χ3n) is 4.80. The van der Waals surface area contributed by atoms with Gasteiger partial charge in [-0.25, -0.2) is 0 Å². The van der Waals surface area contributed by atoms with Crippen molar-refractivity contribution < 1.29 is 9.53 Å². The summed E-state index contributed by atoms with van der Waals surface area (Å²) in [5, 5.41) is 3.38. The summed E-state index contributed by atoms with van der Waals surface area (Å²) in [6, 6.07) is 4.41. The van der Waals surface area contributed by atoms with Crippen LogP contribution in [0.25, 0.3) is 0 Å². The Morgan fingerprint density at radius 1 is 1.35 bits per heavy atom. The summed E-state index contributed by atoms with van der Waals surface area (Å²) in [6.07, 6.45) is 5.39. The predicted octanol–water partition coefficient (Wildman–Crippen LogP) is 2.30. The Morgan fingerprint density at radius 2 is 2.13 bits per heavy atom. The molecule has 0 aliphatic carbocycles. The number of carbonyl (C=O) groups excluding carboxylic acids is 1. The zero-order valence-corrected chi connectivity index (χ0v) is 14.3. The van der Waals surface area contributed by atoms with Crippen LogP contribution in [-0.4, -0.2) is 54.3 Å². The fraction of sp³-hybridized carbons (Fsp3) is 0.722. The van der Waals surface area contributed by atoms with Crippen molar-refractivity contribution in [2.24, 2.45) is 5.92 Å². The molecule has 5 nitrogen and oxygen atoms in total. The van der Waals surface area contributed by atoms with Gasteiger partial charge in [0.05, 0.1) is 6.10 Å². The molecule has 1 atom stereocenters. The predicted molar refractivity (Wildman–Crippen MR) is 90.7 cm³/mol. The summed E-state index contributed by atoms with van der Waals surface area (Å²) in [7, 11) is 0. The Morgan fingerprint density at radius 3 is 2.87 bits per heavy atom. The molecule has 1 amide bonds. The minimum atomic E-state index is 0.157. The second-order valence-corrected chi connectivity index (χ2v) is 7.17. The topological polar surface area (TPSA) is 46.5 Å². The Bertz CT molecular complexity index is 520. The fourth-order valence-corrected chi connectivity index (χ4v) is 3.52. The third-order valence-corrected chi connectivity index (χ3v) is 4.80. The number of amides is 1. The lowest BCUT2D eigenvalue weighted by Gasteiger charge is -2.27. The van der Waals surface area contributed by atoms with Gasteiger partial charge in [-0.3, -0.25) is 4.79 Å². The number of likely N-dealkylation sites (tertiary alicyclic amines) is 1. The maximum absolute atomic E-state index is 12.9. The second-order valence-electron chi connectivity index (χ2n) is 7.17. The van der Waals surface area contributed by atoms with Crippen molar-refractivity contribution in [1.82, 2.24) is 14.8 Å². The summed E-state index contributed by atoms with van der Waals surface area (Å²) in [4.78, 5) is 14.8. The lowest BCUT2D eigenvalue weighted by molar-refractivity contribution is 0.0394. The van der Waals surface area contributed by atoms with Gasteiger partial charge in [0.2, 0.25) is 0 Å². The van der Waals surface area contributed by atoms with E-state index in [1.807, 2.05) is 17.0 Å². The van der Waals surface area contributed by atoms with E-state index in [1.165, 1.54) is 0 Å². The Balaban J connectivity index is 1.62. The summed E-state index contributed by atoms with van der Waals surface area (Å²) in [5.74, 6) is 0.695. The van der Waals surface area contributed by atoms with E-state index >= 15 is 0 Å². The minimum absolute atomic E-state index is 0.157. The quantitative estimate of drug-likeness (QED) is 0.906. The van der Waals surface area contributed by atoms with Crippen molar-refractivity contribution in [3.05, 3.63) is 24.0 Å². The maximum atomic E-state index is 12.9. The zero-order chi connectivity index (χ0) is 16.2. The van der Waals surface area contributed by atoms with E-state index in [0.717, 1.165) is 57.7 Å². The molecule has 0 saturated carbocycles. The van der Waals surface area contributed by atoms with Crippen LogP contribution in [0.2, 0.25) is 0 Å². The Labute approximate surface area is 139 Å². The molecule has 2 aliphatic heterocycles. The molecule has 0 radical (unpaired) electrons. The zero-order valence-electron chi connectivity index (χ0n) is 14.3. The van der Waals surface area contributed by atoms with Crippen LogP contribution in [0, 0.1) is 5.92 Å². The van der Waals surface area contributed by atoms with E-state index < -0.39 is 0 Å². The van der Waals surface area contributed by atoms with Crippen molar-refractivity contribution in [1.29, 1.82) is 0 Å². The van der Waals surface area contributed by atoms with Crippen molar-refractivity contribution in [3.63, 3.8) is 0 Å². The number of piperidine rings is 1. The lowest BCUT2D eigenvalue weighted by Crippen LogP contribution is -2.34. The first kappa shape index (κ1) is 16.5. The van der Waals surface area contributed by atoms with E-state index in [-0.39, 0.29) is 12.0 Å². The van der Waals surface area contributed by atoms with Crippen LogP contribution >= 0.6 is 0 Å². The van der Waals surface area contributed by atoms with E-state index in [0.29, 0.717) is 12.0 Å². The summed E-state index contributed by atoms with van der Waals surface area (Å²) >= 11 is 0. The first-order valence-electron chi connectivity index (χ1n) is 8.93. The number of nitrogens with one attached hydrogen (secondary N) is 1. The highest BCUT2D eigenvalue weighted by atomic mass is 16.5. The van der Waals surface area contributed by atoms with Crippen molar-refractivity contribution >= 4 is 5.91 Å². The number of ether oxygens (including phenoxy) is 1. The SMILES string of the molecule is CC(C)COC1CCN(C(=O)c2cccn2C2CCNCC2)C1. The average molecular weight is 319 g/mol. The van der Waals surface area contributed by atoms with Gasteiger partial charge in [0.1, 0.15) is 5.69 Å². The Kier molecular flexibility index (Phi) is 5.38. The van der Waals surface area contributed by atoms with Crippen LogP contribution in [0.15, 0.2) is 18.3 Å². The molecule has 0 bridgehead atoms. The molecular weight excluding hydrogens is 290 g/mol. The van der Waals surface area contributed by atoms with Crippen LogP contribution in [0.3, 0.4) is 0 Å². The van der Waals surface area contributed by atoms with Crippen LogP contribution in [0.5, 0.6) is 0 Å². The van der Waals surface area contributed by atoms with Crippen LogP contribution < -0.4 is 5.32 Å². The lowest BCUT2D eigenvalue weighted by atomic mass is 10.1. The van der Waals surface area contributed by atoms with E-state index in [2.05, 4.69) is 29.9 Å². The summed E-state index contributed by atoms with van der Waals surface area (Å²) < 4.78 is 8.09. The smallest absolute Gasteiger partial charge is 0.270 e. The second kappa shape index (κ2) is 7.49. The van der Waals surface area contributed by atoms with Gasteiger partial charge in [-0.1, -0.05) is 13.8 Å². The van der Waals surface area contributed by atoms with Gasteiger partial charge in [0, 0.05) is 31.9 Å². The van der Waals surface area contributed by atoms with Crippen LogP contribution in [0.4, 0.5) is 0 Å². The Hall–Kier alpha value is -1.33. The summed E-state index contributed by atoms with van der Waals surface area (Å²) in [6.45, 7) is 8.68. The van der Waals surface area contributed by atoms with Crippen molar-refractivity contribution in [2.75, 3.05) is 32.8 Å². The first-order chi connectivity index (χ1) is 11.1. The average Bonchev–Trinajstić information content (AvgIpc) is 3.22. The monoisotopic (exact) mass is 319 g/mol. The molecule has 0 aromatic carbocycles. The molecule has 1 N–H and O–H groups in total. The largest absolute Gasteiger partial charge is 0.376 e. The normalized spacial score (nSPS) is 22.9. The number of nitrogens with zero attached hydrogens (tertiary/aromatic N) is 2. The van der Waals surface area contributed by atoms with Crippen molar-refractivity contribution in [3.8, 4) is 0 Å². The summed E-state index contributed by atoms with van der Waals surface area (Å²) in [5.41, 5.74) is 0.835. The molecule has 1 aromatic heterocycles. The van der Waals surface area contributed by atoms with Gasteiger partial charge in [-0.2, -0.15) is 0 Å². The van der Waals surface area contributed by atoms with Gasteiger partial charge >= 0.3 is 0 Å². The molecule has 1 unspecified atom stereocenters. The molecule has 2 saturated heterocycles. The highest BCUT2D eigenvalue weighted by Gasteiger charge is 2.30. The molecule has 0 spiro atoms. The highest BCUT2D eigenvalue weighted by Crippen LogP contribution is 2.23. The standard InChI is InChI=1S/C18H29N3O2/c1-14(2)13-23-16-7-11-20(12-16)18(22)17-4-3-10-21(17)15-5-8-19-9-6-15/h3-4,10,14-16,19H,5-9,11-13H2,1-2H3. The first-order valence-corrected chi connectivity index (χ1v) is 8.93. The number of rotatable bonds is 5. The van der Waals surface area contributed by atoms with Gasteiger partial charge in [-0.15, -0.1) is 0 Å². The molecule has 1 aromatic rings. The van der Waals surface area contributed by atoms with Crippen molar-refractivity contribution in [2.45, 2.75) is 45.3 Å². The molecule has 3 heterocycles. The molecule has 2 fully saturated rings. The highest BCUT2D eigenvalue weighted by molar-refractivity contribution is 5.93.